The molecule has 1 saturated heterocycles. The molecular formula is C9H18ClNO6. The first-order chi connectivity index (χ1) is 7.51. The van der Waals surface area contributed by atoms with E-state index in [-0.39, 0.29) is 24.7 Å². The SMILES string of the molecule is CCC(=O)N[C@H]1C(O)O[C@H](CO)[C@@H](O)[C@@H]1O.Cl. The number of aliphatic hydroxyl groups is 4. The van der Waals surface area contributed by atoms with Gasteiger partial charge in [0.25, 0.3) is 0 Å². The van der Waals surface area contributed by atoms with E-state index in [1.165, 1.54) is 0 Å². The highest BCUT2D eigenvalue weighted by atomic mass is 35.5. The van der Waals surface area contributed by atoms with E-state index in [9.17, 15) is 20.1 Å². The minimum atomic E-state index is -1.45. The van der Waals surface area contributed by atoms with Crippen LogP contribution in [0.3, 0.4) is 0 Å². The predicted octanol–water partition coefficient (Wildman–Crippen LogP) is -2.27. The monoisotopic (exact) mass is 271 g/mol. The van der Waals surface area contributed by atoms with Crippen molar-refractivity contribution in [3.63, 3.8) is 0 Å². The van der Waals surface area contributed by atoms with Gasteiger partial charge in [0.1, 0.15) is 24.4 Å². The van der Waals surface area contributed by atoms with Gasteiger partial charge in [0.05, 0.1) is 6.61 Å². The van der Waals surface area contributed by atoms with Crippen LogP contribution in [0.15, 0.2) is 0 Å². The Hall–Kier alpha value is -0.440. The van der Waals surface area contributed by atoms with Gasteiger partial charge in [-0.3, -0.25) is 4.79 Å². The molecule has 0 bridgehead atoms. The molecule has 0 radical (unpaired) electrons. The van der Waals surface area contributed by atoms with Crippen molar-refractivity contribution in [3.8, 4) is 0 Å². The Bertz CT molecular complexity index is 254. The van der Waals surface area contributed by atoms with Crippen molar-refractivity contribution in [1.82, 2.24) is 5.32 Å². The summed E-state index contributed by atoms with van der Waals surface area (Å²) in [4.78, 5) is 11.1. The lowest BCUT2D eigenvalue weighted by molar-refractivity contribution is -0.253. The maximum atomic E-state index is 11.1. The molecule has 1 unspecified atom stereocenters. The van der Waals surface area contributed by atoms with Crippen LogP contribution >= 0.6 is 12.4 Å². The van der Waals surface area contributed by atoms with Gasteiger partial charge in [0.2, 0.25) is 5.91 Å². The summed E-state index contributed by atoms with van der Waals surface area (Å²) in [7, 11) is 0. The van der Waals surface area contributed by atoms with Gasteiger partial charge in [0, 0.05) is 6.42 Å². The molecule has 1 aliphatic heterocycles. The van der Waals surface area contributed by atoms with E-state index in [0.29, 0.717) is 0 Å². The largest absolute Gasteiger partial charge is 0.394 e. The zero-order valence-corrected chi connectivity index (χ0v) is 10.1. The molecule has 0 aromatic heterocycles. The van der Waals surface area contributed by atoms with Crippen molar-refractivity contribution >= 4 is 18.3 Å². The van der Waals surface area contributed by atoms with Gasteiger partial charge in [-0.1, -0.05) is 6.92 Å². The van der Waals surface area contributed by atoms with E-state index < -0.39 is 37.3 Å². The van der Waals surface area contributed by atoms with Gasteiger partial charge in [0.15, 0.2) is 6.29 Å². The Morgan fingerprint density at radius 2 is 1.88 bits per heavy atom. The minimum absolute atomic E-state index is 0. The van der Waals surface area contributed by atoms with Crippen LogP contribution in [-0.2, 0) is 9.53 Å². The molecule has 17 heavy (non-hydrogen) atoms. The molecule has 7 nitrogen and oxygen atoms in total. The second-order valence-electron chi connectivity index (χ2n) is 3.68. The zero-order chi connectivity index (χ0) is 12.3. The smallest absolute Gasteiger partial charge is 0.220 e. The third-order valence-corrected chi connectivity index (χ3v) is 2.55. The molecule has 1 amide bonds. The maximum Gasteiger partial charge on any atom is 0.220 e. The average Bonchev–Trinajstić information content (AvgIpc) is 2.28. The third-order valence-electron chi connectivity index (χ3n) is 2.55. The zero-order valence-electron chi connectivity index (χ0n) is 9.31. The molecule has 1 rings (SSSR count). The third kappa shape index (κ3) is 3.77. The molecule has 0 saturated carbocycles. The van der Waals surface area contributed by atoms with E-state index in [2.05, 4.69) is 5.32 Å². The van der Waals surface area contributed by atoms with Crippen LogP contribution in [0.1, 0.15) is 13.3 Å². The second-order valence-corrected chi connectivity index (χ2v) is 3.68. The summed E-state index contributed by atoms with van der Waals surface area (Å²) in [5, 5.41) is 39.8. The molecule has 0 aliphatic carbocycles. The second kappa shape index (κ2) is 7.10. The maximum absolute atomic E-state index is 11.1. The van der Waals surface area contributed by atoms with Crippen molar-refractivity contribution in [2.75, 3.05) is 6.61 Å². The van der Waals surface area contributed by atoms with Crippen molar-refractivity contribution in [1.29, 1.82) is 0 Å². The highest BCUT2D eigenvalue weighted by Gasteiger charge is 2.44. The Labute approximate surface area is 105 Å². The van der Waals surface area contributed by atoms with Crippen molar-refractivity contribution in [2.24, 2.45) is 0 Å². The number of hydrogen-bond donors (Lipinski definition) is 5. The number of hydrogen-bond acceptors (Lipinski definition) is 6. The molecule has 0 aromatic rings. The Balaban J connectivity index is 0.00000256. The van der Waals surface area contributed by atoms with Crippen LogP contribution < -0.4 is 5.32 Å². The van der Waals surface area contributed by atoms with Gasteiger partial charge < -0.3 is 30.5 Å². The highest BCUT2D eigenvalue weighted by molar-refractivity contribution is 5.85. The standard InChI is InChI=1S/C9H17NO6.ClH/c1-2-5(12)10-6-8(14)7(13)4(3-11)16-9(6)15;/h4,6-9,11,13-15H,2-3H2,1H3,(H,10,12);1H/t4-,6-,7-,8-,9?;/m1./s1. The van der Waals surface area contributed by atoms with Gasteiger partial charge in [-0.25, -0.2) is 0 Å². The van der Waals surface area contributed by atoms with Crippen LogP contribution in [-0.4, -0.2) is 63.6 Å². The molecule has 1 heterocycles. The molecule has 1 aliphatic rings. The van der Waals surface area contributed by atoms with E-state index in [0.717, 1.165) is 0 Å². The summed E-state index contributed by atoms with van der Waals surface area (Å²) in [5.74, 6) is -0.374. The number of carbonyl (C=O) groups is 1. The average molecular weight is 272 g/mol. The van der Waals surface area contributed by atoms with E-state index in [4.69, 9.17) is 9.84 Å². The summed E-state index contributed by atoms with van der Waals surface area (Å²) in [6.45, 7) is 1.09. The summed E-state index contributed by atoms with van der Waals surface area (Å²) >= 11 is 0. The molecule has 0 aromatic carbocycles. The van der Waals surface area contributed by atoms with E-state index in [1.807, 2.05) is 0 Å². The topological polar surface area (TPSA) is 119 Å². The first-order valence-corrected chi connectivity index (χ1v) is 5.11. The summed E-state index contributed by atoms with van der Waals surface area (Å²) in [6, 6.07) is -1.09. The number of ether oxygens (including phenoxy) is 1. The number of halogens is 1. The van der Waals surface area contributed by atoms with Gasteiger partial charge in [-0.15, -0.1) is 12.4 Å². The number of amides is 1. The molecule has 5 atom stereocenters. The summed E-state index contributed by atoms with van der Waals surface area (Å²) in [5.41, 5.74) is 0. The van der Waals surface area contributed by atoms with Crippen LogP contribution in [0.5, 0.6) is 0 Å². The molecule has 0 spiro atoms. The molecule has 8 heteroatoms. The Kier molecular flexibility index (Phi) is 6.91. The van der Waals surface area contributed by atoms with Gasteiger partial charge in [-0.2, -0.15) is 0 Å². The first kappa shape index (κ1) is 16.6. The lowest BCUT2D eigenvalue weighted by atomic mass is 9.97. The minimum Gasteiger partial charge on any atom is -0.394 e. The highest BCUT2D eigenvalue weighted by Crippen LogP contribution is 2.19. The quantitative estimate of drug-likeness (QED) is 0.395. The van der Waals surface area contributed by atoms with Gasteiger partial charge >= 0.3 is 0 Å². The van der Waals surface area contributed by atoms with E-state index >= 15 is 0 Å². The fraction of sp³-hybridized carbons (Fsp3) is 0.889. The fourth-order valence-corrected chi connectivity index (χ4v) is 1.54. The summed E-state index contributed by atoms with van der Waals surface area (Å²) in [6.07, 6.45) is -5.05. The van der Waals surface area contributed by atoms with Crippen LogP contribution in [0.25, 0.3) is 0 Å². The number of aliphatic hydroxyl groups excluding tert-OH is 4. The number of rotatable bonds is 3. The predicted molar refractivity (Wildman–Crippen MR) is 59.4 cm³/mol. The van der Waals surface area contributed by atoms with Crippen molar-refractivity contribution in [3.05, 3.63) is 0 Å². The molecule has 5 N–H and O–H groups in total. The van der Waals surface area contributed by atoms with Crippen molar-refractivity contribution in [2.45, 2.75) is 44.0 Å². The number of nitrogens with one attached hydrogen (secondary N) is 1. The summed E-state index contributed by atoms with van der Waals surface area (Å²) < 4.78 is 4.86. The normalized spacial score (nSPS) is 37.1. The Morgan fingerprint density at radius 3 is 2.35 bits per heavy atom. The lowest BCUT2D eigenvalue weighted by Crippen LogP contribution is -2.64. The lowest BCUT2D eigenvalue weighted by Gasteiger charge is -2.40. The number of carbonyl (C=O) groups excluding carboxylic acids is 1. The van der Waals surface area contributed by atoms with Crippen LogP contribution in [0.2, 0.25) is 0 Å². The molecule has 1 fully saturated rings. The van der Waals surface area contributed by atoms with Gasteiger partial charge in [-0.05, 0) is 0 Å². The van der Waals surface area contributed by atoms with Crippen LogP contribution in [0, 0.1) is 0 Å². The van der Waals surface area contributed by atoms with Crippen LogP contribution in [0.4, 0.5) is 0 Å². The van der Waals surface area contributed by atoms with Crippen molar-refractivity contribution < 1.29 is 30.0 Å². The first-order valence-electron chi connectivity index (χ1n) is 5.11. The fourth-order valence-electron chi connectivity index (χ4n) is 1.54. The molecule has 102 valence electrons. The molecular weight excluding hydrogens is 254 g/mol. The Morgan fingerprint density at radius 1 is 1.29 bits per heavy atom. The van der Waals surface area contributed by atoms with E-state index in [1.54, 1.807) is 6.92 Å².